The zero-order valence-corrected chi connectivity index (χ0v) is 11.6. The fourth-order valence-corrected chi connectivity index (χ4v) is 2.07. The van der Waals surface area contributed by atoms with Gasteiger partial charge in [0, 0.05) is 12.2 Å². The number of hydrogen-bond acceptors (Lipinski definition) is 2. The predicted octanol–water partition coefficient (Wildman–Crippen LogP) is 3.84. The Kier molecular flexibility index (Phi) is 4.77. The summed E-state index contributed by atoms with van der Waals surface area (Å²) in [6, 6.07) is 16.2. The summed E-state index contributed by atoms with van der Waals surface area (Å²) in [5, 5.41) is 9.85. The molecule has 0 atom stereocenters. The molecular weight excluding hydrogens is 250 g/mol. The maximum absolute atomic E-state index is 12.6. The molecule has 0 aromatic heterocycles. The number of hydrogen-bond donors (Lipinski definition) is 1. The highest BCUT2D eigenvalue weighted by atomic mass is 16.3. The molecule has 0 saturated heterocycles. The van der Waals surface area contributed by atoms with E-state index < -0.39 is 0 Å². The molecule has 2 aromatic rings. The van der Waals surface area contributed by atoms with Crippen LogP contribution in [0.1, 0.15) is 30.1 Å². The molecule has 0 aliphatic carbocycles. The normalized spacial score (nSPS) is 10.2. The molecule has 0 aliphatic rings. The Bertz CT molecular complexity index is 566. The molecule has 2 rings (SSSR count). The van der Waals surface area contributed by atoms with Crippen LogP contribution in [0.5, 0.6) is 5.75 Å². The van der Waals surface area contributed by atoms with E-state index in [1.807, 2.05) is 30.3 Å². The number of rotatable bonds is 5. The largest absolute Gasteiger partial charge is 0.507 e. The number of para-hydroxylation sites is 2. The van der Waals surface area contributed by atoms with Crippen LogP contribution in [0.4, 0.5) is 5.69 Å². The van der Waals surface area contributed by atoms with E-state index in [0.29, 0.717) is 12.1 Å². The number of phenolic OH excluding ortho intramolecular Hbond substituents is 1. The molecule has 0 bridgehead atoms. The van der Waals surface area contributed by atoms with Crippen LogP contribution in [0.2, 0.25) is 0 Å². The molecule has 104 valence electrons. The molecule has 0 saturated carbocycles. The van der Waals surface area contributed by atoms with E-state index in [4.69, 9.17) is 0 Å². The van der Waals surface area contributed by atoms with E-state index in [1.54, 1.807) is 23.1 Å². The number of phenols is 1. The lowest BCUT2D eigenvalue weighted by Gasteiger charge is -2.23. The third-order valence-electron chi connectivity index (χ3n) is 3.18. The number of carbonyl (C=O) groups is 1. The fourth-order valence-electron chi connectivity index (χ4n) is 2.07. The Hall–Kier alpha value is -2.29. The third kappa shape index (κ3) is 3.18. The van der Waals surface area contributed by atoms with Crippen LogP contribution in [0, 0.1) is 0 Å². The van der Waals surface area contributed by atoms with Crippen LogP contribution in [-0.4, -0.2) is 17.6 Å². The molecule has 0 heterocycles. The molecule has 3 nitrogen and oxygen atoms in total. The standard InChI is InChI=1S/C17H19NO2/c1-2-3-13-18(14-9-5-4-6-10-14)17(20)15-11-7-8-12-16(15)19/h4-12,19H,2-3,13H2,1H3. The second-order valence-electron chi connectivity index (χ2n) is 4.66. The first-order valence-corrected chi connectivity index (χ1v) is 6.89. The molecule has 0 fully saturated rings. The number of aromatic hydroxyl groups is 1. The van der Waals surface area contributed by atoms with Gasteiger partial charge in [0.25, 0.3) is 5.91 Å². The van der Waals surface area contributed by atoms with E-state index in [9.17, 15) is 9.90 Å². The van der Waals surface area contributed by atoms with E-state index in [2.05, 4.69) is 6.92 Å². The first-order chi connectivity index (χ1) is 9.74. The van der Waals surface area contributed by atoms with E-state index in [0.717, 1.165) is 18.5 Å². The zero-order chi connectivity index (χ0) is 14.4. The number of amides is 1. The average Bonchev–Trinajstić information content (AvgIpc) is 2.49. The van der Waals surface area contributed by atoms with E-state index >= 15 is 0 Å². The lowest BCUT2D eigenvalue weighted by atomic mass is 10.1. The monoisotopic (exact) mass is 269 g/mol. The van der Waals surface area contributed by atoms with Crippen LogP contribution < -0.4 is 4.90 Å². The minimum Gasteiger partial charge on any atom is -0.507 e. The van der Waals surface area contributed by atoms with Crippen molar-refractivity contribution in [3.05, 3.63) is 60.2 Å². The molecule has 0 spiro atoms. The Morgan fingerprint density at radius 1 is 1.05 bits per heavy atom. The first-order valence-electron chi connectivity index (χ1n) is 6.89. The van der Waals surface area contributed by atoms with Crippen molar-refractivity contribution in [1.82, 2.24) is 0 Å². The predicted molar refractivity (Wildman–Crippen MR) is 81.1 cm³/mol. The van der Waals surface area contributed by atoms with Gasteiger partial charge < -0.3 is 10.0 Å². The summed E-state index contributed by atoms with van der Waals surface area (Å²) in [4.78, 5) is 14.4. The minimum atomic E-state index is -0.164. The molecular formula is C17H19NO2. The summed E-state index contributed by atoms with van der Waals surface area (Å²) < 4.78 is 0. The van der Waals surface area contributed by atoms with Crippen LogP contribution in [0.15, 0.2) is 54.6 Å². The number of unbranched alkanes of at least 4 members (excludes halogenated alkanes) is 1. The minimum absolute atomic E-state index is 0.0231. The number of nitrogens with zero attached hydrogens (tertiary/aromatic N) is 1. The Labute approximate surface area is 119 Å². The molecule has 3 heteroatoms. The SMILES string of the molecule is CCCCN(C(=O)c1ccccc1O)c1ccccc1. The molecule has 1 amide bonds. The van der Waals surface area contributed by atoms with E-state index in [-0.39, 0.29) is 11.7 Å². The Morgan fingerprint density at radius 3 is 2.35 bits per heavy atom. The van der Waals surface area contributed by atoms with Crippen molar-refractivity contribution in [3.8, 4) is 5.75 Å². The van der Waals surface area contributed by atoms with Gasteiger partial charge in [-0.25, -0.2) is 0 Å². The highest BCUT2D eigenvalue weighted by molar-refractivity contribution is 6.07. The van der Waals surface area contributed by atoms with Crippen molar-refractivity contribution in [1.29, 1.82) is 0 Å². The van der Waals surface area contributed by atoms with Crippen molar-refractivity contribution in [2.45, 2.75) is 19.8 Å². The van der Waals surface area contributed by atoms with Crippen molar-refractivity contribution < 1.29 is 9.90 Å². The topological polar surface area (TPSA) is 40.5 Å². The van der Waals surface area contributed by atoms with Gasteiger partial charge in [-0.05, 0) is 30.7 Å². The van der Waals surface area contributed by atoms with Gasteiger partial charge in [-0.3, -0.25) is 4.79 Å². The second-order valence-corrected chi connectivity index (χ2v) is 4.66. The fraction of sp³-hybridized carbons (Fsp3) is 0.235. The quantitative estimate of drug-likeness (QED) is 0.896. The highest BCUT2D eigenvalue weighted by Crippen LogP contribution is 2.22. The van der Waals surface area contributed by atoms with Crippen LogP contribution in [-0.2, 0) is 0 Å². The molecule has 20 heavy (non-hydrogen) atoms. The Morgan fingerprint density at radius 2 is 1.70 bits per heavy atom. The van der Waals surface area contributed by atoms with Crippen molar-refractivity contribution >= 4 is 11.6 Å². The summed E-state index contributed by atoms with van der Waals surface area (Å²) >= 11 is 0. The van der Waals surface area contributed by atoms with E-state index in [1.165, 1.54) is 6.07 Å². The summed E-state index contributed by atoms with van der Waals surface area (Å²) in [7, 11) is 0. The maximum Gasteiger partial charge on any atom is 0.262 e. The maximum atomic E-state index is 12.6. The summed E-state index contributed by atoms with van der Waals surface area (Å²) in [5.74, 6) is -0.141. The number of anilines is 1. The first kappa shape index (κ1) is 14.1. The smallest absolute Gasteiger partial charge is 0.262 e. The number of carbonyl (C=O) groups excluding carboxylic acids is 1. The summed E-state index contributed by atoms with van der Waals surface area (Å²) in [6.07, 6.45) is 1.94. The second kappa shape index (κ2) is 6.75. The van der Waals surface area contributed by atoms with Crippen molar-refractivity contribution in [2.75, 3.05) is 11.4 Å². The van der Waals surface area contributed by atoms with Gasteiger partial charge in [-0.1, -0.05) is 43.7 Å². The number of benzene rings is 2. The van der Waals surface area contributed by atoms with Crippen molar-refractivity contribution in [2.24, 2.45) is 0 Å². The lowest BCUT2D eigenvalue weighted by molar-refractivity contribution is 0.0984. The Balaban J connectivity index is 2.32. The molecule has 0 aliphatic heterocycles. The van der Waals surface area contributed by atoms with Gasteiger partial charge in [0.15, 0.2) is 0 Å². The molecule has 0 radical (unpaired) electrons. The molecule has 1 N–H and O–H groups in total. The van der Waals surface area contributed by atoms with Crippen LogP contribution in [0.25, 0.3) is 0 Å². The van der Waals surface area contributed by atoms with Gasteiger partial charge in [-0.15, -0.1) is 0 Å². The molecule has 2 aromatic carbocycles. The van der Waals surface area contributed by atoms with Gasteiger partial charge in [-0.2, -0.15) is 0 Å². The third-order valence-corrected chi connectivity index (χ3v) is 3.18. The van der Waals surface area contributed by atoms with Gasteiger partial charge >= 0.3 is 0 Å². The highest BCUT2D eigenvalue weighted by Gasteiger charge is 2.19. The zero-order valence-electron chi connectivity index (χ0n) is 11.6. The van der Waals surface area contributed by atoms with Crippen molar-refractivity contribution in [3.63, 3.8) is 0 Å². The summed E-state index contributed by atoms with van der Waals surface area (Å²) in [5.41, 5.74) is 1.20. The van der Waals surface area contributed by atoms with Gasteiger partial charge in [0.2, 0.25) is 0 Å². The van der Waals surface area contributed by atoms with Gasteiger partial charge in [0.05, 0.1) is 5.56 Å². The van der Waals surface area contributed by atoms with Crippen LogP contribution >= 0.6 is 0 Å². The lowest BCUT2D eigenvalue weighted by Crippen LogP contribution is -2.31. The van der Waals surface area contributed by atoms with Gasteiger partial charge in [0.1, 0.15) is 5.75 Å². The molecule has 0 unspecified atom stereocenters. The summed E-state index contributed by atoms with van der Waals surface area (Å²) in [6.45, 7) is 2.74. The average molecular weight is 269 g/mol. The van der Waals surface area contributed by atoms with Crippen LogP contribution in [0.3, 0.4) is 0 Å².